The van der Waals surface area contributed by atoms with Gasteiger partial charge in [0.1, 0.15) is 0 Å². The fourth-order valence-electron chi connectivity index (χ4n) is 6.92. The Bertz CT molecular complexity index is 2250. The van der Waals surface area contributed by atoms with Crippen molar-refractivity contribution in [3.05, 3.63) is 146 Å². The van der Waals surface area contributed by atoms with Crippen molar-refractivity contribution < 1.29 is 0 Å². The Morgan fingerprint density at radius 2 is 0.881 bits per heavy atom. The molecule has 0 radical (unpaired) electrons. The van der Waals surface area contributed by atoms with E-state index in [-0.39, 0.29) is 0 Å². The molecule has 7 aromatic carbocycles. The molecule has 2 nitrogen and oxygen atoms in total. The van der Waals surface area contributed by atoms with Gasteiger partial charge >= 0.3 is 0 Å². The van der Waals surface area contributed by atoms with E-state index < -0.39 is 0 Å². The van der Waals surface area contributed by atoms with Crippen molar-refractivity contribution in [2.45, 2.75) is 0 Å². The molecule has 0 aliphatic heterocycles. The lowest BCUT2D eigenvalue weighted by atomic mass is 9.82. The topological polar surface area (TPSA) is 25.8 Å². The van der Waals surface area contributed by atoms with Crippen LogP contribution in [0.2, 0.25) is 0 Å². The summed E-state index contributed by atoms with van der Waals surface area (Å²) in [6, 6.07) is 49.9. The highest BCUT2D eigenvalue weighted by Crippen LogP contribution is 2.58. The number of nitrogens with zero attached hydrogens (tertiary/aromatic N) is 2. The first-order valence-electron chi connectivity index (χ1n) is 14.3. The standard InChI is InChI=1S/C40H24N2/c1-3-12-25(13-4-1)36-29-16-7-8-17-30(29)37(26-14-5-2-6-15-26)40-32-23-22-27(28-18-11-19-31(38(28)32)39(36)40)35-24-41-33-20-9-10-21-34(33)42-35/h1-24H. The van der Waals surface area contributed by atoms with E-state index in [2.05, 4.69) is 115 Å². The SMILES string of the molecule is c1ccc(-c2c3c(c(-c4ccccc4)c4ccccc24)-c2ccc(-c4cnc5ccccc5n4)c4cccc-3c24)cc1. The number of benzene rings is 7. The van der Waals surface area contributed by atoms with Crippen molar-refractivity contribution in [1.82, 2.24) is 9.97 Å². The first kappa shape index (κ1) is 23.1. The number of hydrogen-bond donors (Lipinski definition) is 0. The molecule has 0 amide bonds. The van der Waals surface area contributed by atoms with Crippen molar-refractivity contribution in [3.63, 3.8) is 0 Å². The minimum atomic E-state index is 0.894. The van der Waals surface area contributed by atoms with Gasteiger partial charge in [0, 0.05) is 5.56 Å². The second-order valence-corrected chi connectivity index (χ2v) is 10.9. The number of hydrogen-bond acceptors (Lipinski definition) is 2. The van der Waals surface area contributed by atoms with Gasteiger partial charge in [-0.1, -0.05) is 127 Å². The average Bonchev–Trinajstić information content (AvgIpc) is 3.39. The van der Waals surface area contributed by atoms with Crippen LogP contribution >= 0.6 is 0 Å². The monoisotopic (exact) mass is 532 g/mol. The van der Waals surface area contributed by atoms with Crippen molar-refractivity contribution >= 4 is 32.6 Å². The van der Waals surface area contributed by atoms with Crippen molar-refractivity contribution in [3.8, 4) is 55.8 Å². The minimum absolute atomic E-state index is 0.894. The lowest BCUT2D eigenvalue weighted by Crippen LogP contribution is -1.93. The van der Waals surface area contributed by atoms with Gasteiger partial charge in [0.05, 0.1) is 22.9 Å². The molecule has 0 spiro atoms. The van der Waals surface area contributed by atoms with Crippen LogP contribution in [0.3, 0.4) is 0 Å². The highest BCUT2D eigenvalue weighted by atomic mass is 14.8. The summed E-state index contributed by atoms with van der Waals surface area (Å²) in [6.45, 7) is 0. The van der Waals surface area contributed by atoms with Crippen LogP contribution in [0.5, 0.6) is 0 Å². The quantitative estimate of drug-likeness (QED) is 0.226. The molecule has 8 aromatic rings. The molecule has 1 heterocycles. The van der Waals surface area contributed by atoms with E-state index in [1.165, 1.54) is 66.1 Å². The summed E-state index contributed by atoms with van der Waals surface area (Å²) in [7, 11) is 0. The van der Waals surface area contributed by atoms with Crippen LogP contribution in [0.15, 0.2) is 146 Å². The summed E-state index contributed by atoms with van der Waals surface area (Å²) in [6.07, 6.45) is 1.91. The maximum atomic E-state index is 5.04. The second-order valence-electron chi connectivity index (χ2n) is 10.9. The fraction of sp³-hybridized carbons (Fsp3) is 0. The van der Waals surface area contributed by atoms with Crippen LogP contribution in [-0.2, 0) is 0 Å². The van der Waals surface area contributed by atoms with Gasteiger partial charge in [0.2, 0.25) is 0 Å². The van der Waals surface area contributed by atoms with Gasteiger partial charge < -0.3 is 0 Å². The molecule has 1 aromatic heterocycles. The summed E-state index contributed by atoms with van der Waals surface area (Å²) in [5, 5.41) is 5.02. The van der Waals surface area contributed by atoms with E-state index in [4.69, 9.17) is 9.97 Å². The smallest absolute Gasteiger partial charge is 0.0899 e. The molecule has 0 N–H and O–H groups in total. The average molecular weight is 533 g/mol. The van der Waals surface area contributed by atoms with E-state index in [0.717, 1.165) is 22.3 Å². The van der Waals surface area contributed by atoms with Crippen LogP contribution in [0, 0.1) is 0 Å². The van der Waals surface area contributed by atoms with E-state index in [9.17, 15) is 0 Å². The molecule has 0 saturated carbocycles. The maximum absolute atomic E-state index is 5.04. The van der Waals surface area contributed by atoms with E-state index >= 15 is 0 Å². The molecule has 0 unspecified atom stereocenters. The first-order valence-corrected chi connectivity index (χ1v) is 14.3. The molecule has 0 atom stereocenters. The second kappa shape index (κ2) is 8.95. The third-order valence-electron chi connectivity index (χ3n) is 8.64. The molecular weight excluding hydrogens is 508 g/mol. The maximum Gasteiger partial charge on any atom is 0.0899 e. The molecule has 194 valence electrons. The van der Waals surface area contributed by atoms with Gasteiger partial charge in [-0.15, -0.1) is 0 Å². The first-order chi connectivity index (χ1) is 20.9. The Hall–Kier alpha value is -5.60. The zero-order valence-corrected chi connectivity index (χ0v) is 22.8. The fourth-order valence-corrected chi connectivity index (χ4v) is 6.92. The molecule has 0 bridgehead atoms. The summed E-state index contributed by atoms with van der Waals surface area (Å²) in [4.78, 5) is 9.78. The molecule has 2 heteroatoms. The molecule has 1 aliphatic rings. The zero-order valence-electron chi connectivity index (χ0n) is 22.8. The molecule has 1 aliphatic carbocycles. The van der Waals surface area contributed by atoms with Gasteiger partial charge in [0.25, 0.3) is 0 Å². The Morgan fingerprint density at radius 1 is 0.357 bits per heavy atom. The molecule has 0 fully saturated rings. The van der Waals surface area contributed by atoms with Crippen LogP contribution < -0.4 is 0 Å². The Morgan fingerprint density at radius 3 is 1.55 bits per heavy atom. The van der Waals surface area contributed by atoms with Crippen molar-refractivity contribution in [2.75, 3.05) is 0 Å². The zero-order chi connectivity index (χ0) is 27.6. The largest absolute Gasteiger partial charge is 0.252 e. The lowest BCUT2D eigenvalue weighted by molar-refractivity contribution is 1.30. The predicted octanol–water partition coefficient (Wildman–Crippen LogP) is 10.6. The van der Waals surface area contributed by atoms with Crippen LogP contribution in [0.4, 0.5) is 0 Å². The normalized spacial score (nSPS) is 11.8. The lowest BCUT2D eigenvalue weighted by Gasteiger charge is -2.20. The number of rotatable bonds is 3. The van der Waals surface area contributed by atoms with Crippen LogP contribution in [0.25, 0.3) is 88.3 Å². The Labute approximate surface area is 243 Å². The predicted molar refractivity (Wildman–Crippen MR) is 175 cm³/mol. The Kier molecular flexibility index (Phi) is 4.93. The Balaban J connectivity index is 1.44. The minimum Gasteiger partial charge on any atom is -0.252 e. The van der Waals surface area contributed by atoms with Gasteiger partial charge in [-0.25, -0.2) is 4.98 Å². The van der Waals surface area contributed by atoms with Gasteiger partial charge in [-0.2, -0.15) is 0 Å². The van der Waals surface area contributed by atoms with Gasteiger partial charge in [-0.05, 0) is 78.2 Å². The summed E-state index contributed by atoms with van der Waals surface area (Å²) in [5.41, 5.74) is 14.0. The third-order valence-corrected chi connectivity index (χ3v) is 8.64. The number of aromatic nitrogens is 2. The summed E-state index contributed by atoms with van der Waals surface area (Å²) in [5.74, 6) is 0. The van der Waals surface area contributed by atoms with E-state index in [1.807, 2.05) is 30.5 Å². The number of para-hydroxylation sites is 2. The van der Waals surface area contributed by atoms with E-state index in [1.54, 1.807) is 0 Å². The highest BCUT2D eigenvalue weighted by molar-refractivity contribution is 6.28. The van der Waals surface area contributed by atoms with Gasteiger partial charge in [0.15, 0.2) is 0 Å². The number of fused-ring (bicyclic) bond motifs is 5. The van der Waals surface area contributed by atoms with Gasteiger partial charge in [-0.3, -0.25) is 4.98 Å². The summed E-state index contributed by atoms with van der Waals surface area (Å²) >= 11 is 0. The summed E-state index contributed by atoms with van der Waals surface area (Å²) < 4.78 is 0. The van der Waals surface area contributed by atoms with Crippen molar-refractivity contribution in [1.29, 1.82) is 0 Å². The van der Waals surface area contributed by atoms with Crippen LogP contribution in [0.1, 0.15) is 0 Å². The molecular formula is C40H24N2. The van der Waals surface area contributed by atoms with Crippen molar-refractivity contribution in [2.24, 2.45) is 0 Å². The van der Waals surface area contributed by atoms with Crippen LogP contribution in [-0.4, -0.2) is 9.97 Å². The highest BCUT2D eigenvalue weighted by Gasteiger charge is 2.31. The molecule has 42 heavy (non-hydrogen) atoms. The van der Waals surface area contributed by atoms with E-state index in [0.29, 0.717) is 0 Å². The molecule has 0 saturated heterocycles. The third kappa shape index (κ3) is 3.27. The molecule has 9 rings (SSSR count).